The summed E-state index contributed by atoms with van der Waals surface area (Å²) in [6, 6.07) is 14.5. The maximum Gasteiger partial charge on any atom is 0.411 e. The van der Waals surface area contributed by atoms with Crippen LogP contribution in [0, 0.1) is 0 Å². The molecule has 0 saturated heterocycles. The first kappa shape index (κ1) is 23.3. The molecule has 0 aliphatic heterocycles. The Morgan fingerprint density at radius 2 is 1.70 bits per heavy atom. The second-order valence-electron chi connectivity index (χ2n) is 6.30. The van der Waals surface area contributed by atoms with E-state index in [0.29, 0.717) is 31.2 Å². The van der Waals surface area contributed by atoms with Crippen molar-refractivity contribution in [2.45, 2.75) is 19.3 Å². The highest BCUT2D eigenvalue weighted by Crippen LogP contribution is 2.18. The molecule has 0 radical (unpaired) electrons. The number of alkyl halides is 3. The van der Waals surface area contributed by atoms with Crippen LogP contribution in [0.15, 0.2) is 53.5 Å². The van der Waals surface area contributed by atoms with Gasteiger partial charge in [-0.3, -0.25) is 4.99 Å². The summed E-state index contributed by atoms with van der Waals surface area (Å²) >= 11 is 0. The molecule has 2 rings (SSSR count). The standard InChI is InChI=1S/C21H26F3N3O3/c1-25-20(26-10-11-30-19-5-3-4-18(12-19)28-2)27-13-16-6-8-17(9-7-16)14-29-15-21(22,23)24/h3-9,12H,10-11,13-15H2,1-2H3,(H2,25,26,27). The first-order chi connectivity index (χ1) is 14.4. The van der Waals surface area contributed by atoms with Crippen molar-refractivity contribution in [3.05, 3.63) is 59.7 Å². The Balaban J connectivity index is 1.68. The fourth-order valence-electron chi connectivity index (χ4n) is 2.47. The van der Waals surface area contributed by atoms with Gasteiger partial charge in [-0.15, -0.1) is 0 Å². The number of hydrogen-bond donors (Lipinski definition) is 2. The van der Waals surface area contributed by atoms with E-state index in [1.54, 1.807) is 26.3 Å². The third-order valence-electron chi connectivity index (χ3n) is 3.95. The number of methoxy groups -OCH3 is 1. The molecule has 6 nitrogen and oxygen atoms in total. The van der Waals surface area contributed by atoms with Gasteiger partial charge in [-0.2, -0.15) is 13.2 Å². The highest BCUT2D eigenvalue weighted by Gasteiger charge is 2.27. The summed E-state index contributed by atoms with van der Waals surface area (Å²) in [5.41, 5.74) is 1.64. The summed E-state index contributed by atoms with van der Waals surface area (Å²) in [5, 5.41) is 6.32. The molecule has 0 atom stereocenters. The molecule has 0 fully saturated rings. The van der Waals surface area contributed by atoms with Gasteiger partial charge < -0.3 is 24.8 Å². The first-order valence-electron chi connectivity index (χ1n) is 9.33. The minimum Gasteiger partial charge on any atom is -0.497 e. The Bertz CT molecular complexity index is 796. The van der Waals surface area contributed by atoms with Gasteiger partial charge in [-0.05, 0) is 23.3 Å². The highest BCUT2D eigenvalue weighted by atomic mass is 19.4. The molecular weight excluding hydrogens is 399 g/mol. The van der Waals surface area contributed by atoms with Crippen molar-refractivity contribution in [2.75, 3.05) is 33.9 Å². The lowest BCUT2D eigenvalue weighted by Crippen LogP contribution is -2.38. The van der Waals surface area contributed by atoms with Crippen LogP contribution < -0.4 is 20.1 Å². The van der Waals surface area contributed by atoms with Crippen LogP contribution in [0.5, 0.6) is 11.5 Å². The largest absolute Gasteiger partial charge is 0.497 e. The molecule has 0 aliphatic carbocycles. The number of ether oxygens (including phenoxy) is 3. The van der Waals surface area contributed by atoms with Crippen LogP contribution in [0.1, 0.15) is 11.1 Å². The SMILES string of the molecule is CN=C(NCCOc1cccc(OC)c1)NCc1ccc(COCC(F)(F)F)cc1. The van der Waals surface area contributed by atoms with Crippen LogP contribution in [0.3, 0.4) is 0 Å². The van der Waals surface area contributed by atoms with Crippen molar-refractivity contribution in [2.24, 2.45) is 4.99 Å². The summed E-state index contributed by atoms with van der Waals surface area (Å²) in [6.07, 6.45) is -4.31. The molecule has 0 amide bonds. The van der Waals surface area contributed by atoms with Crippen molar-refractivity contribution in [1.29, 1.82) is 0 Å². The number of rotatable bonds is 10. The van der Waals surface area contributed by atoms with Crippen LogP contribution >= 0.6 is 0 Å². The zero-order valence-electron chi connectivity index (χ0n) is 17.0. The average Bonchev–Trinajstić information content (AvgIpc) is 2.73. The molecule has 2 N–H and O–H groups in total. The summed E-state index contributed by atoms with van der Waals surface area (Å²) < 4.78 is 51.8. The molecule has 9 heteroatoms. The Morgan fingerprint density at radius 3 is 2.37 bits per heavy atom. The van der Waals surface area contributed by atoms with E-state index < -0.39 is 12.8 Å². The van der Waals surface area contributed by atoms with Crippen molar-refractivity contribution in [1.82, 2.24) is 10.6 Å². The number of nitrogens with zero attached hydrogens (tertiary/aromatic N) is 1. The lowest BCUT2D eigenvalue weighted by atomic mass is 10.1. The van der Waals surface area contributed by atoms with Gasteiger partial charge in [0.1, 0.15) is 24.7 Å². The number of guanidine groups is 1. The van der Waals surface area contributed by atoms with Crippen LogP contribution in [0.4, 0.5) is 13.2 Å². The van der Waals surface area contributed by atoms with E-state index in [0.717, 1.165) is 17.1 Å². The Kier molecular flexibility index (Phi) is 9.27. The van der Waals surface area contributed by atoms with Crippen molar-refractivity contribution < 1.29 is 27.4 Å². The van der Waals surface area contributed by atoms with E-state index in [9.17, 15) is 13.2 Å². The van der Waals surface area contributed by atoms with E-state index >= 15 is 0 Å². The van der Waals surface area contributed by atoms with Crippen molar-refractivity contribution in [3.8, 4) is 11.5 Å². The van der Waals surface area contributed by atoms with Crippen molar-refractivity contribution in [3.63, 3.8) is 0 Å². The average molecular weight is 425 g/mol. The fraction of sp³-hybridized carbons (Fsp3) is 0.381. The molecule has 0 aromatic heterocycles. The molecule has 2 aromatic carbocycles. The highest BCUT2D eigenvalue weighted by molar-refractivity contribution is 5.79. The van der Waals surface area contributed by atoms with Gasteiger partial charge >= 0.3 is 6.18 Å². The van der Waals surface area contributed by atoms with E-state index in [2.05, 4.69) is 20.4 Å². The fourth-order valence-corrected chi connectivity index (χ4v) is 2.47. The van der Waals surface area contributed by atoms with E-state index in [1.165, 1.54) is 0 Å². The maximum absolute atomic E-state index is 12.1. The second kappa shape index (κ2) is 11.9. The third-order valence-corrected chi connectivity index (χ3v) is 3.95. The zero-order chi connectivity index (χ0) is 21.8. The summed E-state index contributed by atoms with van der Waals surface area (Å²) in [5.74, 6) is 2.07. The summed E-state index contributed by atoms with van der Waals surface area (Å²) in [4.78, 5) is 4.15. The maximum atomic E-state index is 12.1. The quantitative estimate of drug-likeness (QED) is 0.347. The zero-order valence-corrected chi connectivity index (χ0v) is 17.0. The second-order valence-corrected chi connectivity index (χ2v) is 6.30. The van der Waals surface area contributed by atoms with Gasteiger partial charge in [-0.1, -0.05) is 30.3 Å². The van der Waals surface area contributed by atoms with E-state index in [1.807, 2.05) is 36.4 Å². The van der Waals surface area contributed by atoms with Gasteiger partial charge in [0, 0.05) is 19.7 Å². The van der Waals surface area contributed by atoms with E-state index in [4.69, 9.17) is 9.47 Å². The van der Waals surface area contributed by atoms with Gasteiger partial charge in [0.15, 0.2) is 5.96 Å². The van der Waals surface area contributed by atoms with Crippen LogP contribution in [-0.2, 0) is 17.9 Å². The van der Waals surface area contributed by atoms with E-state index in [-0.39, 0.29) is 6.61 Å². The molecule has 0 aliphatic rings. The van der Waals surface area contributed by atoms with Crippen LogP contribution in [0.2, 0.25) is 0 Å². The molecule has 0 spiro atoms. The van der Waals surface area contributed by atoms with Gasteiger partial charge in [0.25, 0.3) is 0 Å². The molecule has 2 aromatic rings. The molecular formula is C21H26F3N3O3. The number of nitrogens with one attached hydrogen (secondary N) is 2. The molecule has 0 bridgehead atoms. The monoisotopic (exact) mass is 425 g/mol. The van der Waals surface area contributed by atoms with Gasteiger partial charge in [0.2, 0.25) is 0 Å². The smallest absolute Gasteiger partial charge is 0.411 e. The summed E-state index contributed by atoms with van der Waals surface area (Å²) in [6.45, 7) is 0.177. The Labute approximate surface area is 174 Å². The lowest BCUT2D eigenvalue weighted by molar-refractivity contribution is -0.176. The third kappa shape index (κ3) is 9.04. The topological polar surface area (TPSA) is 64.1 Å². The number of benzene rings is 2. The van der Waals surface area contributed by atoms with Crippen molar-refractivity contribution >= 4 is 5.96 Å². The number of halogens is 3. The molecule has 164 valence electrons. The Morgan fingerprint density at radius 1 is 1.00 bits per heavy atom. The molecule has 0 heterocycles. The summed E-state index contributed by atoms with van der Waals surface area (Å²) in [7, 11) is 3.27. The number of hydrogen-bond acceptors (Lipinski definition) is 4. The predicted octanol–water partition coefficient (Wildman–Crippen LogP) is 3.52. The lowest BCUT2D eigenvalue weighted by Gasteiger charge is -2.13. The van der Waals surface area contributed by atoms with Gasteiger partial charge in [-0.25, -0.2) is 0 Å². The van der Waals surface area contributed by atoms with Gasteiger partial charge in [0.05, 0.1) is 20.3 Å². The predicted molar refractivity (Wildman–Crippen MR) is 109 cm³/mol. The number of aliphatic imine (C=N–C) groups is 1. The minimum absolute atomic E-state index is 0.0796. The molecule has 0 saturated carbocycles. The molecule has 30 heavy (non-hydrogen) atoms. The normalized spacial score (nSPS) is 11.8. The molecule has 0 unspecified atom stereocenters. The first-order valence-corrected chi connectivity index (χ1v) is 9.33. The Hall–Kier alpha value is -2.94. The minimum atomic E-state index is -4.31. The van der Waals surface area contributed by atoms with Crippen LogP contribution in [-0.4, -0.2) is 46.1 Å². The van der Waals surface area contributed by atoms with Crippen LogP contribution in [0.25, 0.3) is 0 Å².